The average molecular weight is 425 g/mol. The summed E-state index contributed by atoms with van der Waals surface area (Å²) in [5.74, 6) is 0.556. The molecular formula is C25H29FN2O3. The topological polar surface area (TPSA) is 53.0 Å². The van der Waals surface area contributed by atoms with E-state index in [-0.39, 0.29) is 23.9 Å². The molecule has 0 bridgehead atoms. The van der Waals surface area contributed by atoms with Gasteiger partial charge in [-0.25, -0.2) is 4.39 Å². The van der Waals surface area contributed by atoms with Gasteiger partial charge in [-0.2, -0.15) is 0 Å². The first-order valence-electron chi connectivity index (χ1n) is 11.2. The Morgan fingerprint density at radius 1 is 0.968 bits per heavy atom. The number of benzene rings is 2. The van der Waals surface area contributed by atoms with Crippen molar-refractivity contribution in [3.05, 3.63) is 59.9 Å². The molecule has 1 saturated carbocycles. The van der Waals surface area contributed by atoms with Crippen molar-refractivity contribution in [1.29, 1.82) is 0 Å². The molecule has 5 nitrogen and oxygen atoms in total. The molecule has 0 unspecified atom stereocenters. The predicted octanol–water partition coefficient (Wildman–Crippen LogP) is 3.04. The number of ether oxygens (including phenoxy) is 1. The van der Waals surface area contributed by atoms with E-state index in [2.05, 4.69) is 4.90 Å². The molecule has 2 saturated heterocycles. The molecule has 2 aromatic rings. The number of fused-ring (bicyclic) bond motifs is 1. The van der Waals surface area contributed by atoms with Gasteiger partial charge in [0.05, 0.1) is 19.3 Å². The summed E-state index contributed by atoms with van der Waals surface area (Å²) in [4.78, 5) is 17.6. The number of aliphatic hydroxyl groups excluding tert-OH is 1. The van der Waals surface area contributed by atoms with Gasteiger partial charge in [-0.05, 0) is 60.1 Å². The average Bonchev–Trinajstić information content (AvgIpc) is 3.22. The zero-order valence-electron chi connectivity index (χ0n) is 17.6. The molecule has 0 spiro atoms. The Labute approximate surface area is 182 Å². The quantitative estimate of drug-likeness (QED) is 0.823. The second-order valence-corrected chi connectivity index (χ2v) is 9.07. The lowest BCUT2D eigenvalue weighted by Crippen LogP contribution is -2.53. The fraction of sp³-hybridized carbons (Fsp3) is 0.480. The third kappa shape index (κ3) is 4.25. The summed E-state index contributed by atoms with van der Waals surface area (Å²) in [5, 5.41) is 10.8. The van der Waals surface area contributed by atoms with Gasteiger partial charge in [0.25, 0.3) is 5.91 Å². The highest BCUT2D eigenvalue weighted by atomic mass is 19.1. The van der Waals surface area contributed by atoms with Crippen LogP contribution in [0.5, 0.6) is 0 Å². The Hall–Kier alpha value is -2.28. The van der Waals surface area contributed by atoms with Crippen LogP contribution >= 0.6 is 0 Å². The van der Waals surface area contributed by atoms with Crippen LogP contribution in [0.15, 0.2) is 48.5 Å². The summed E-state index contributed by atoms with van der Waals surface area (Å²) in [5.41, 5.74) is 2.46. The molecule has 5 rings (SSSR count). The van der Waals surface area contributed by atoms with E-state index in [1.807, 2.05) is 29.2 Å². The van der Waals surface area contributed by atoms with Gasteiger partial charge in [0, 0.05) is 37.8 Å². The van der Waals surface area contributed by atoms with E-state index in [4.69, 9.17) is 4.74 Å². The number of hydrogen-bond donors (Lipinski definition) is 1. The van der Waals surface area contributed by atoms with Crippen molar-refractivity contribution in [2.45, 2.75) is 25.0 Å². The third-order valence-corrected chi connectivity index (χ3v) is 7.20. The van der Waals surface area contributed by atoms with Crippen LogP contribution in [0.4, 0.5) is 4.39 Å². The van der Waals surface area contributed by atoms with Gasteiger partial charge in [0.1, 0.15) is 5.82 Å². The summed E-state index contributed by atoms with van der Waals surface area (Å²) in [6.45, 7) is 4.66. The zero-order chi connectivity index (χ0) is 21.4. The number of hydrogen-bond acceptors (Lipinski definition) is 4. The van der Waals surface area contributed by atoms with Crippen molar-refractivity contribution >= 4 is 5.91 Å². The highest BCUT2D eigenvalue weighted by Crippen LogP contribution is 2.39. The Bertz CT molecular complexity index is 929. The molecule has 1 amide bonds. The van der Waals surface area contributed by atoms with Crippen molar-refractivity contribution < 1.29 is 19.0 Å². The molecule has 0 radical (unpaired) electrons. The first-order valence-corrected chi connectivity index (χ1v) is 11.2. The minimum absolute atomic E-state index is 0.0378. The van der Waals surface area contributed by atoms with Gasteiger partial charge >= 0.3 is 0 Å². The zero-order valence-corrected chi connectivity index (χ0v) is 17.6. The van der Waals surface area contributed by atoms with Crippen LogP contribution in [0.2, 0.25) is 0 Å². The van der Waals surface area contributed by atoms with Crippen LogP contribution in [0.3, 0.4) is 0 Å². The lowest BCUT2D eigenvalue weighted by atomic mass is 9.77. The number of likely N-dealkylation sites (tertiary alicyclic amines) is 1. The first-order chi connectivity index (χ1) is 15.1. The summed E-state index contributed by atoms with van der Waals surface area (Å²) in [6.07, 6.45) is 1.35. The number of morpholine rings is 1. The summed E-state index contributed by atoms with van der Waals surface area (Å²) in [7, 11) is 0. The summed E-state index contributed by atoms with van der Waals surface area (Å²) in [6, 6.07) is 14.1. The maximum atomic E-state index is 13.3. The van der Waals surface area contributed by atoms with Crippen LogP contribution in [0.1, 0.15) is 23.2 Å². The normalized spacial score (nSPS) is 29.0. The van der Waals surface area contributed by atoms with Gasteiger partial charge in [0.15, 0.2) is 0 Å². The standard InChI is InChI=1S/C25H29FN2O3/c26-22-6-4-17(5-7-22)18-2-1-3-19(12-18)25(30)28-15-20-13-23(24(29)14-21(20)16-28)27-8-10-31-11-9-27/h1-7,12,20-21,23-24,29H,8-11,13-16H2/t20-,21+,23-,24-/m1/s1. The molecule has 2 aliphatic heterocycles. The minimum atomic E-state index is -0.337. The Morgan fingerprint density at radius 2 is 1.68 bits per heavy atom. The van der Waals surface area contributed by atoms with Crippen LogP contribution in [0, 0.1) is 17.7 Å². The van der Waals surface area contributed by atoms with Crippen molar-refractivity contribution in [2.24, 2.45) is 11.8 Å². The smallest absolute Gasteiger partial charge is 0.253 e. The molecule has 6 heteroatoms. The fourth-order valence-corrected chi connectivity index (χ4v) is 5.53. The molecule has 2 aromatic carbocycles. The van der Waals surface area contributed by atoms with Crippen LogP contribution in [0.25, 0.3) is 11.1 Å². The molecule has 2 heterocycles. The maximum Gasteiger partial charge on any atom is 0.253 e. The molecule has 4 atom stereocenters. The molecule has 31 heavy (non-hydrogen) atoms. The van der Waals surface area contributed by atoms with E-state index < -0.39 is 0 Å². The molecule has 3 fully saturated rings. The van der Waals surface area contributed by atoms with Gasteiger partial charge in [0.2, 0.25) is 0 Å². The Kier molecular flexibility index (Phi) is 5.78. The second-order valence-electron chi connectivity index (χ2n) is 9.07. The lowest BCUT2D eigenvalue weighted by Gasteiger charge is -2.43. The number of carbonyl (C=O) groups is 1. The van der Waals surface area contributed by atoms with E-state index >= 15 is 0 Å². The largest absolute Gasteiger partial charge is 0.391 e. The molecule has 1 N–H and O–H groups in total. The third-order valence-electron chi connectivity index (χ3n) is 7.20. The SMILES string of the molecule is O=C(c1cccc(-c2ccc(F)cc2)c1)N1C[C@H]2C[C@@H](N3CCOCC3)[C@H](O)C[C@H]2C1. The number of nitrogens with zero attached hydrogens (tertiary/aromatic N) is 2. The highest BCUT2D eigenvalue weighted by molar-refractivity contribution is 5.95. The Balaban J connectivity index is 1.28. The van der Waals surface area contributed by atoms with Crippen LogP contribution in [-0.4, -0.2) is 72.4 Å². The molecular weight excluding hydrogens is 395 g/mol. The number of amides is 1. The molecule has 164 valence electrons. The van der Waals surface area contributed by atoms with E-state index in [1.54, 1.807) is 12.1 Å². The van der Waals surface area contributed by atoms with Gasteiger partial charge < -0.3 is 14.7 Å². The molecule has 1 aliphatic carbocycles. The van der Waals surface area contributed by atoms with E-state index in [0.717, 1.165) is 56.8 Å². The number of halogens is 1. The lowest BCUT2D eigenvalue weighted by molar-refractivity contribution is -0.0520. The number of aliphatic hydroxyl groups is 1. The van der Waals surface area contributed by atoms with E-state index in [0.29, 0.717) is 23.9 Å². The van der Waals surface area contributed by atoms with Crippen LogP contribution in [-0.2, 0) is 4.74 Å². The predicted molar refractivity (Wildman–Crippen MR) is 116 cm³/mol. The highest BCUT2D eigenvalue weighted by Gasteiger charge is 2.44. The van der Waals surface area contributed by atoms with E-state index in [1.165, 1.54) is 12.1 Å². The summed E-state index contributed by atoms with van der Waals surface area (Å²) < 4.78 is 18.7. The molecule has 0 aromatic heterocycles. The number of carbonyl (C=O) groups excluding carboxylic acids is 1. The first kappa shape index (κ1) is 20.6. The molecule has 3 aliphatic rings. The summed E-state index contributed by atoms with van der Waals surface area (Å²) >= 11 is 0. The fourth-order valence-electron chi connectivity index (χ4n) is 5.53. The van der Waals surface area contributed by atoms with Gasteiger partial charge in [-0.15, -0.1) is 0 Å². The van der Waals surface area contributed by atoms with Gasteiger partial charge in [-0.1, -0.05) is 24.3 Å². The van der Waals surface area contributed by atoms with Crippen LogP contribution < -0.4 is 0 Å². The van der Waals surface area contributed by atoms with Crippen molar-refractivity contribution in [3.63, 3.8) is 0 Å². The monoisotopic (exact) mass is 424 g/mol. The second kappa shape index (κ2) is 8.69. The van der Waals surface area contributed by atoms with Crippen molar-refractivity contribution in [3.8, 4) is 11.1 Å². The maximum absolute atomic E-state index is 13.3. The minimum Gasteiger partial charge on any atom is -0.391 e. The van der Waals surface area contributed by atoms with Crippen molar-refractivity contribution in [1.82, 2.24) is 9.80 Å². The Morgan fingerprint density at radius 3 is 2.42 bits per heavy atom. The number of rotatable bonds is 3. The van der Waals surface area contributed by atoms with E-state index in [9.17, 15) is 14.3 Å². The van der Waals surface area contributed by atoms with Crippen molar-refractivity contribution in [2.75, 3.05) is 39.4 Å². The van der Waals surface area contributed by atoms with Gasteiger partial charge in [-0.3, -0.25) is 9.69 Å².